The van der Waals surface area contributed by atoms with E-state index in [0.29, 0.717) is 31.7 Å². The zero-order valence-electron chi connectivity index (χ0n) is 13.9. The molecule has 3 aliphatic rings. The smallest absolute Gasteiger partial charge is 0.407 e. The van der Waals surface area contributed by atoms with E-state index in [0.717, 1.165) is 43.6 Å². The number of likely N-dealkylation sites (N-methyl/N-ethyl adjacent to an activating group) is 1. The zero-order chi connectivity index (χ0) is 16.7. The van der Waals surface area contributed by atoms with E-state index in [1.807, 2.05) is 4.90 Å². The summed E-state index contributed by atoms with van der Waals surface area (Å²) in [5.74, 6) is -0.0165. The van der Waals surface area contributed by atoms with Crippen molar-refractivity contribution in [3.8, 4) is 0 Å². The Balaban J connectivity index is 1.49. The van der Waals surface area contributed by atoms with Crippen molar-refractivity contribution in [2.45, 2.75) is 37.8 Å². The third-order valence-electron chi connectivity index (χ3n) is 5.38. The van der Waals surface area contributed by atoms with E-state index >= 15 is 0 Å². The summed E-state index contributed by atoms with van der Waals surface area (Å²) >= 11 is 0. The first kappa shape index (κ1) is 15.4. The molecule has 0 saturated carbocycles. The molecule has 0 unspecified atom stereocenters. The molecule has 4 heterocycles. The number of rotatable bonds is 1. The molecule has 2 saturated heterocycles. The van der Waals surface area contributed by atoms with Crippen LogP contribution in [0.25, 0.3) is 0 Å². The second kappa shape index (κ2) is 5.77. The summed E-state index contributed by atoms with van der Waals surface area (Å²) in [6, 6.07) is 0. The van der Waals surface area contributed by atoms with E-state index in [2.05, 4.69) is 27.5 Å². The standard InChI is InChI=1S/C16H23N5O3/c1-20-7-3-12-11(9-20)13(19-18-12)14(22)21-6-2-4-16(5-8-21)10-17-15(23)24-16/h2-10H2,1H3,(H,17,23)(H,18,19)/t16-/m0/s1. The molecule has 1 aromatic heterocycles. The van der Waals surface area contributed by atoms with Crippen LogP contribution in [0.1, 0.15) is 41.0 Å². The van der Waals surface area contributed by atoms with Gasteiger partial charge < -0.3 is 19.9 Å². The number of aromatic amines is 1. The normalized spacial score (nSPS) is 27.5. The van der Waals surface area contributed by atoms with Gasteiger partial charge in [0, 0.05) is 50.3 Å². The molecule has 1 atom stereocenters. The number of nitrogens with one attached hydrogen (secondary N) is 2. The molecule has 1 aromatic rings. The average molecular weight is 333 g/mol. The highest BCUT2D eigenvalue weighted by Crippen LogP contribution is 2.30. The van der Waals surface area contributed by atoms with Gasteiger partial charge in [0.25, 0.3) is 5.91 Å². The number of amides is 2. The Hall–Kier alpha value is -2.09. The predicted molar refractivity (Wildman–Crippen MR) is 85.6 cm³/mol. The third-order valence-corrected chi connectivity index (χ3v) is 5.38. The van der Waals surface area contributed by atoms with Crippen molar-refractivity contribution in [3.63, 3.8) is 0 Å². The van der Waals surface area contributed by atoms with Crippen LogP contribution in [0.15, 0.2) is 0 Å². The monoisotopic (exact) mass is 333 g/mol. The Morgan fingerprint density at radius 2 is 2.17 bits per heavy atom. The van der Waals surface area contributed by atoms with Crippen molar-refractivity contribution in [2.75, 3.05) is 33.2 Å². The quantitative estimate of drug-likeness (QED) is 0.781. The summed E-state index contributed by atoms with van der Waals surface area (Å²) < 4.78 is 5.48. The molecule has 0 aliphatic carbocycles. The Bertz CT molecular complexity index is 673. The molecule has 0 aromatic carbocycles. The van der Waals surface area contributed by atoms with Gasteiger partial charge in [-0.25, -0.2) is 4.79 Å². The molecular formula is C16H23N5O3. The molecule has 2 N–H and O–H groups in total. The van der Waals surface area contributed by atoms with Crippen molar-refractivity contribution >= 4 is 12.0 Å². The topological polar surface area (TPSA) is 90.6 Å². The number of carbonyl (C=O) groups excluding carboxylic acids is 2. The fourth-order valence-corrected chi connectivity index (χ4v) is 3.91. The minimum absolute atomic E-state index is 0.0165. The second-order valence-corrected chi connectivity index (χ2v) is 7.09. The number of likely N-dealkylation sites (tertiary alicyclic amines) is 1. The van der Waals surface area contributed by atoms with Crippen molar-refractivity contribution in [1.29, 1.82) is 0 Å². The van der Waals surface area contributed by atoms with E-state index in [4.69, 9.17) is 4.74 Å². The number of H-pyrrole nitrogens is 1. The van der Waals surface area contributed by atoms with E-state index < -0.39 is 5.60 Å². The minimum Gasteiger partial charge on any atom is -0.441 e. The molecule has 8 heteroatoms. The molecule has 3 aliphatic heterocycles. The lowest BCUT2D eigenvalue weighted by Gasteiger charge is -2.25. The van der Waals surface area contributed by atoms with Crippen LogP contribution < -0.4 is 5.32 Å². The maximum Gasteiger partial charge on any atom is 0.407 e. The predicted octanol–water partition coefficient (Wildman–Crippen LogP) is 0.502. The summed E-state index contributed by atoms with van der Waals surface area (Å²) in [5, 5.41) is 10.1. The van der Waals surface area contributed by atoms with Crippen molar-refractivity contribution in [2.24, 2.45) is 0 Å². The van der Waals surface area contributed by atoms with Gasteiger partial charge in [-0.2, -0.15) is 5.10 Å². The van der Waals surface area contributed by atoms with Gasteiger partial charge >= 0.3 is 6.09 Å². The molecule has 0 bridgehead atoms. The van der Waals surface area contributed by atoms with E-state index in [-0.39, 0.29) is 12.0 Å². The van der Waals surface area contributed by atoms with Crippen LogP contribution in [-0.4, -0.2) is 70.8 Å². The van der Waals surface area contributed by atoms with Gasteiger partial charge in [-0.05, 0) is 19.9 Å². The first-order valence-corrected chi connectivity index (χ1v) is 8.57. The number of nitrogens with zero attached hydrogens (tertiary/aromatic N) is 3. The van der Waals surface area contributed by atoms with Gasteiger partial charge in [0.05, 0.1) is 6.54 Å². The Kier molecular flexibility index (Phi) is 3.71. The summed E-state index contributed by atoms with van der Waals surface area (Å²) in [6.07, 6.45) is 2.84. The van der Waals surface area contributed by atoms with Gasteiger partial charge in [-0.15, -0.1) is 0 Å². The number of fused-ring (bicyclic) bond motifs is 1. The lowest BCUT2D eigenvalue weighted by Crippen LogP contribution is -2.37. The highest BCUT2D eigenvalue weighted by atomic mass is 16.6. The molecule has 24 heavy (non-hydrogen) atoms. The van der Waals surface area contributed by atoms with Crippen LogP contribution in [0.2, 0.25) is 0 Å². The maximum atomic E-state index is 13.0. The molecule has 1 spiro atoms. The van der Waals surface area contributed by atoms with Crippen LogP contribution in [0.5, 0.6) is 0 Å². The molecule has 130 valence electrons. The van der Waals surface area contributed by atoms with Crippen molar-refractivity contribution < 1.29 is 14.3 Å². The number of aromatic nitrogens is 2. The second-order valence-electron chi connectivity index (χ2n) is 7.09. The summed E-state index contributed by atoms with van der Waals surface area (Å²) in [6.45, 7) is 3.54. The lowest BCUT2D eigenvalue weighted by atomic mass is 9.95. The van der Waals surface area contributed by atoms with E-state index in [1.54, 1.807) is 0 Å². The molecule has 2 fully saturated rings. The summed E-state index contributed by atoms with van der Waals surface area (Å²) in [4.78, 5) is 28.4. The fourth-order valence-electron chi connectivity index (χ4n) is 3.91. The maximum absolute atomic E-state index is 13.0. The van der Waals surface area contributed by atoms with Crippen LogP contribution in [0, 0.1) is 0 Å². The van der Waals surface area contributed by atoms with Crippen LogP contribution in [0.4, 0.5) is 4.79 Å². The highest BCUT2D eigenvalue weighted by Gasteiger charge is 2.42. The number of carbonyl (C=O) groups is 2. The first-order valence-electron chi connectivity index (χ1n) is 8.57. The van der Waals surface area contributed by atoms with Crippen LogP contribution in [0.3, 0.4) is 0 Å². The SMILES string of the molecule is CN1CCc2[nH]nc(C(=O)N3CCC[C@]4(CC3)CNC(=O)O4)c2C1. The van der Waals surface area contributed by atoms with Gasteiger partial charge in [0.2, 0.25) is 0 Å². The van der Waals surface area contributed by atoms with E-state index in [1.165, 1.54) is 0 Å². The van der Waals surface area contributed by atoms with Crippen LogP contribution >= 0.6 is 0 Å². The van der Waals surface area contributed by atoms with Gasteiger partial charge in [0.1, 0.15) is 5.60 Å². The Labute approximate surface area is 140 Å². The van der Waals surface area contributed by atoms with Gasteiger partial charge in [-0.1, -0.05) is 0 Å². The summed E-state index contributed by atoms with van der Waals surface area (Å²) in [7, 11) is 2.06. The largest absolute Gasteiger partial charge is 0.441 e. The third kappa shape index (κ3) is 2.64. The first-order chi connectivity index (χ1) is 11.6. The average Bonchev–Trinajstić information content (AvgIpc) is 3.06. The number of alkyl carbamates (subject to hydrolysis) is 1. The van der Waals surface area contributed by atoms with E-state index in [9.17, 15) is 9.59 Å². The number of hydrogen-bond acceptors (Lipinski definition) is 5. The zero-order valence-corrected chi connectivity index (χ0v) is 13.9. The lowest BCUT2D eigenvalue weighted by molar-refractivity contribution is 0.0438. The molecule has 8 nitrogen and oxygen atoms in total. The molecular weight excluding hydrogens is 310 g/mol. The summed E-state index contributed by atoms with van der Waals surface area (Å²) in [5.41, 5.74) is 2.21. The molecule has 2 amide bonds. The Morgan fingerprint density at radius 1 is 1.29 bits per heavy atom. The molecule has 0 radical (unpaired) electrons. The highest BCUT2D eigenvalue weighted by molar-refractivity contribution is 5.94. The Morgan fingerprint density at radius 3 is 2.96 bits per heavy atom. The van der Waals surface area contributed by atoms with Crippen molar-refractivity contribution in [3.05, 3.63) is 17.0 Å². The minimum atomic E-state index is -0.447. The fraction of sp³-hybridized carbons (Fsp3) is 0.688. The van der Waals surface area contributed by atoms with Gasteiger partial charge in [0.15, 0.2) is 5.69 Å². The molecule has 4 rings (SSSR count). The van der Waals surface area contributed by atoms with Gasteiger partial charge in [-0.3, -0.25) is 9.89 Å². The van der Waals surface area contributed by atoms with Crippen molar-refractivity contribution in [1.82, 2.24) is 25.3 Å². The van der Waals surface area contributed by atoms with Crippen LogP contribution in [-0.2, 0) is 17.7 Å². The number of hydrogen-bond donors (Lipinski definition) is 2. The number of ether oxygens (including phenoxy) is 1.